The van der Waals surface area contributed by atoms with Crippen LogP contribution in [0.2, 0.25) is 0 Å². The first-order valence-electron chi connectivity index (χ1n) is 10.7. The molecular formula is C25H29NO8. The van der Waals surface area contributed by atoms with E-state index in [0.717, 1.165) is 5.56 Å². The van der Waals surface area contributed by atoms with Crippen LogP contribution in [0, 0.1) is 0 Å². The van der Waals surface area contributed by atoms with Crippen LogP contribution in [-0.2, 0) is 37.0 Å². The van der Waals surface area contributed by atoms with Crippen molar-refractivity contribution in [2.75, 3.05) is 0 Å². The maximum atomic E-state index is 12.8. The minimum Gasteiger partial charge on any atom is -0.480 e. The minimum atomic E-state index is -1.69. The summed E-state index contributed by atoms with van der Waals surface area (Å²) in [5, 5.41) is 9.74. The zero-order chi connectivity index (χ0) is 25.1. The Labute approximate surface area is 198 Å². The molecule has 0 fully saturated rings. The van der Waals surface area contributed by atoms with Crippen LogP contribution in [0.3, 0.4) is 0 Å². The zero-order valence-corrected chi connectivity index (χ0v) is 19.4. The number of nitrogens with zero attached hydrogens (tertiary/aromatic N) is 1. The van der Waals surface area contributed by atoms with E-state index in [9.17, 15) is 24.3 Å². The highest BCUT2D eigenvalue weighted by molar-refractivity contribution is 5.93. The van der Waals surface area contributed by atoms with Gasteiger partial charge < -0.3 is 19.3 Å². The lowest BCUT2D eigenvalue weighted by Gasteiger charge is -2.29. The number of carbonyl (C=O) groups is 4. The summed E-state index contributed by atoms with van der Waals surface area (Å²) in [7, 11) is 0. The number of carbonyl (C=O) groups excluding carboxylic acids is 3. The zero-order valence-electron chi connectivity index (χ0n) is 19.4. The van der Waals surface area contributed by atoms with E-state index >= 15 is 0 Å². The molecule has 0 aliphatic carbocycles. The van der Waals surface area contributed by atoms with Crippen molar-refractivity contribution in [1.29, 1.82) is 0 Å². The third-order valence-electron chi connectivity index (χ3n) is 4.45. The van der Waals surface area contributed by atoms with Crippen molar-refractivity contribution in [2.45, 2.75) is 58.5 Å². The van der Waals surface area contributed by atoms with Gasteiger partial charge in [0.1, 0.15) is 24.9 Å². The molecule has 9 nitrogen and oxygen atoms in total. The largest absolute Gasteiger partial charge is 0.480 e. The summed E-state index contributed by atoms with van der Waals surface area (Å²) in [5.41, 5.74) is 0.425. The normalized spacial score (nSPS) is 11.7. The molecule has 0 aromatic heterocycles. The number of hydrogen-bond acceptors (Lipinski definition) is 7. The molecule has 1 atom stereocenters. The second kappa shape index (κ2) is 12.4. The van der Waals surface area contributed by atoms with Gasteiger partial charge in [-0.2, -0.15) is 4.90 Å². The van der Waals surface area contributed by atoms with Crippen LogP contribution in [0.4, 0.5) is 9.59 Å². The van der Waals surface area contributed by atoms with Crippen LogP contribution < -0.4 is 0 Å². The maximum absolute atomic E-state index is 12.8. The highest BCUT2D eigenvalue weighted by Gasteiger charge is 2.39. The van der Waals surface area contributed by atoms with E-state index in [-0.39, 0.29) is 26.1 Å². The van der Waals surface area contributed by atoms with Crippen LogP contribution in [0.5, 0.6) is 0 Å². The van der Waals surface area contributed by atoms with E-state index in [4.69, 9.17) is 14.2 Å². The van der Waals surface area contributed by atoms with Gasteiger partial charge in [0.25, 0.3) is 0 Å². The Bertz CT molecular complexity index is 969. The van der Waals surface area contributed by atoms with E-state index in [1.165, 1.54) is 0 Å². The third-order valence-corrected chi connectivity index (χ3v) is 4.45. The van der Waals surface area contributed by atoms with Gasteiger partial charge in [-0.15, -0.1) is 0 Å². The number of esters is 1. The van der Waals surface area contributed by atoms with Gasteiger partial charge in [-0.3, -0.25) is 4.79 Å². The van der Waals surface area contributed by atoms with Gasteiger partial charge in [0, 0.05) is 6.42 Å². The molecule has 182 valence electrons. The molecule has 2 rings (SSSR count). The molecule has 0 unspecified atom stereocenters. The molecule has 2 amide bonds. The van der Waals surface area contributed by atoms with E-state index < -0.39 is 35.8 Å². The van der Waals surface area contributed by atoms with E-state index in [2.05, 4.69) is 0 Å². The number of carboxylic acids is 1. The van der Waals surface area contributed by atoms with Gasteiger partial charge in [0.15, 0.2) is 0 Å². The monoisotopic (exact) mass is 471 g/mol. The van der Waals surface area contributed by atoms with Crippen molar-refractivity contribution in [3.8, 4) is 0 Å². The van der Waals surface area contributed by atoms with Gasteiger partial charge in [0.2, 0.25) is 0 Å². The van der Waals surface area contributed by atoms with Crippen molar-refractivity contribution in [3.63, 3.8) is 0 Å². The molecule has 2 aromatic carbocycles. The fraction of sp³-hybridized carbons (Fsp3) is 0.360. The van der Waals surface area contributed by atoms with Crippen LogP contribution in [0.15, 0.2) is 60.7 Å². The smallest absolute Gasteiger partial charge is 0.420 e. The Hall–Kier alpha value is -3.88. The number of rotatable bonds is 9. The van der Waals surface area contributed by atoms with Crippen LogP contribution in [0.1, 0.15) is 44.7 Å². The third kappa shape index (κ3) is 8.93. The van der Waals surface area contributed by atoms with Crippen molar-refractivity contribution in [2.24, 2.45) is 0 Å². The molecule has 0 radical (unpaired) electrons. The standard InChI is InChI=1S/C25H29NO8/c1-25(2,3)34-24(31)26(23(30)33-17-19-12-8-5-9-13-19)20(22(28)29)14-15-21(27)32-16-18-10-6-4-7-11-18/h4-13,20H,14-17H2,1-3H3,(H,28,29)/t20-/m0/s1. The lowest BCUT2D eigenvalue weighted by atomic mass is 10.1. The topological polar surface area (TPSA) is 119 Å². The number of amides is 2. The predicted octanol–water partition coefficient (Wildman–Crippen LogP) is 4.54. The van der Waals surface area contributed by atoms with Gasteiger partial charge in [-0.25, -0.2) is 14.4 Å². The van der Waals surface area contributed by atoms with E-state index in [0.29, 0.717) is 10.5 Å². The molecule has 34 heavy (non-hydrogen) atoms. The molecule has 0 bridgehead atoms. The number of ether oxygens (including phenoxy) is 3. The van der Waals surface area contributed by atoms with Crippen molar-refractivity contribution in [1.82, 2.24) is 4.90 Å². The van der Waals surface area contributed by atoms with E-state index in [1.54, 1.807) is 75.4 Å². The fourth-order valence-electron chi connectivity index (χ4n) is 2.86. The summed E-state index contributed by atoms with van der Waals surface area (Å²) in [6.45, 7) is 4.58. The molecule has 1 N–H and O–H groups in total. The van der Waals surface area contributed by atoms with Crippen LogP contribution >= 0.6 is 0 Å². The SMILES string of the molecule is CC(C)(C)OC(=O)N(C(=O)OCc1ccccc1)[C@@H](CCC(=O)OCc1ccccc1)C(=O)O. The number of imide groups is 1. The van der Waals surface area contributed by atoms with E-state index in [1.807, 2.05) is 6.07 Å². The van der Waals surface area contributed by atoms with Gasteiger partial charge >= 0.3 is 24.1 Å². The average molecular weight is 472 g/mol. The van der Waals surface area contributed by atoms with Crippen molar-refractivity contribution >= 4 is 24.1 Å². The Morgan fingerprint density at radius 1 is 0.824 bits per heavy atom. The number of hydrogen-bond donors (Lipinski definition) is 1. The van der Waals surface area contributed by atoms with Crippen LogP contribution in [-0.4, -0.2) is 45.8 Å². The number of aliphatic carboxylic acids is 1. The fourth-order valence-corrected chi connectivity index (χ4v) is 2.86. The molecule has 0 saturated carbocycles. The highest BCUT2D eigenvalue weighted by Crippen LogP contribution is 2.18. The van der Waals surface area contributed by atoms with Gasteiger partial charge in [-0.1, -0.05) is 60.7 Å². The van der Waals surface area contributed by atoms with Crippen LogP contribution in [0.25, 0.3) is 0 Å². The maximum Gasteiger partial charge on any atom is 0.420 e. The van der Waals surface area contributed by atoms with Crippen molar-refractivity contribution < 1.29 is 38.5 Å². The predicted molar refractivity (Wildman–Crippen MR) is 122 cm³/mol. The lowest BCUT2D eigenvalue weighted by Crippen LogP contribution is -2.50. The summed E-state index contributed by atoms with van der Waals surface area (Å²) in [6, 6.07) is 16.0. The summed E-state index contributed by atoms with van der Waals surface area (Å²) in [6.07, 6.45) is -3.09. The lowest BCUT2D eigenvalue weighted by molar-refractivity contribution is -0.147. The molecule has 0 aliphatic heterocycles. The Kier molecular flexibility index (Phi) is 9.61. The minimum absolute atomic E-state index is 0.0201. The highest BCUT2D eigenvalue weighted by atomic mass is 16.6. The summed E-state index contributed by atoms with van der Waals surface area (Å²) < 4.78 is 15.6. The van der Waals surface area contributed by atoms with Gasteiger partial charge in [0.05, 0.1) is 0 Å². The second-order valence-electron chi connectivity index (χ2n) is 8.43. The first-order chi connectivity index (χ1) is 16.1. The molecule has 0 spiro atoms. The Morgan fingerprint density at radius 3 is 1.79 bits per heavy atom. The first kappa shape index (κ1) is 26.4. The molecule has 9 heteroatoms. The summed E-state index contributed by atoms with van der Waals surface area (Å²) in [5.74, 6) is -2.16. The molecule has 0 aliphatic rings. The second-order valence-corrected chi connectivity index (χ2v) is 8.43. The first-order valence-corrected chi connectivity index (χ1v) is 10.7. The molecule has 0 saturated heterocycles. The Morgan fingerprint density at radius 2 is 1.32 bits per heavy atom. The van der Waals surface area contributed by atoms with Crippen molar-refractivity contribution in [3.05, 3.63) is 71.8 Å². The Balaban J connectivity index is 2.09. The summed E-state index contributed by atoms with van der Waals surface area (Å²) in [4.78, 5) is 50.0. The number of benzene rings is 2. The molecule has 0 heterocycles. The summed E-state index contributed by atoms with van der Waals surface area (Å²) >= 11 is 0. The molecular weight excluding hydrogens is 442 g/mol. The average Bonchev–Trinajstić information content (AvgIpc) is 2.78. The number of carboxylic acid groups (broad SMARTS) is 1. The van der Waals surface area contributed by atoms with Gasteiger partial charge in [-0.05, 0) is 38.3 Å². The molecule has 2 aromatic rings. The quantitative estimate of drug-likeness (QED) is 0.418.